The number of morpholine rings is 1. The smallest absolute Gasteiger partial charge is 0.254 e. The summed E-state index contributed by atoms with van der Waals surface area (Å²) in [6.45, 7) is 7.51. The first-order chi connectivity index (χ1) is 16.6. The fourth-order valence-electron chi connectivity index (χ4n) is 4.73. The largest absolute Gasteiger partial charge is 0.372 e. The predicted molar refractivity (Wildman–Crippen MR) is 132 cm³/mol. The van der Waals surface area contributed by atoms with Gasteiger partial charge >= 0.3 is 0 Å². The van der Waals surface area contributed by atoms with Crippen LogP contribution in [0, 0.1) is 6.92 Å². The molecule has 2 heterocycles. The van der Waals surface area contributed by atoms with Crippen LogP contribution in [0.1, 0.15) is 48.2 Å². The van der Waals surface area contributed by atoms with Crippen molar-refractivity contribution in [2.24, 2.45) is 0 Å². The van der Waals surface area contributed by atoms with Gasteiger partial charge in [0.2, 0.25) is 15.9 Å². The van der Waals surface area contributed by atoms with Crippen molar-refractivity contribution in [3.05, 3.63) is 65.2 Å². The number of rotatable bonds is 6. The topological polar surface area (TPSA) is 96.0 Å². The number of sulfonamides is 1. The quantitative estimate of drug-likeness (QED) is 0.659. The summed E-state index contributed by atoms with van der Waals surface area (Å²) in [5.74, 6) is -0.347. The Morgan fingerprint density at radius 2 is 1.63 bits per heavy atom. The van der Waals surface area contributed by atoms with Crippen LogP contribution in [0.4, 0.5) is 0 Å². The molecule has 2 fully saturated rings. The van der Waals surface area contributed by atoms with Crippen LogP contribution in [0.15, 0.2) is 53.4 Å². The van der Waals surface area contributed by atoms with E-state index in [2.05, 4.69) is 5.32 Å². The van der Waals surface area contributed by atoms with Gasteiger partial charge in [-0.2, -0.15) is 4.31 Å². The monoisotopic (exact) mass is 499 g/mol. The Morgan fingerprint density at radius 3 is 2.26 bits per heavy atom. The lowest BCUT2D eigenvalue weighted by molar-refractivity contribution is -0.124. The van der Waals surface area contributed by atoms with E-state index < -0.39 is 16.1 Å². The average molecular weight is 500 g/mol. The van der Waals surface area contributed by atoms with E-state index in [0.29, 0.717) is 38.0 Å². The van der Waals surface area contributed by atoms with E-state index in [1.807, 2.05) is 32.9 Å². The second-order valence-corrected chi connectivity index (χ2v) is 11.4. The number of hydrogen-bond acceptors (Lipinski definition) is 5. The number of amides is 2. The minimum absolute atomic E-state index is 0.00200. The fraction of sp³-hybridized carbons (Fsp3) is 0.462. The van der Waals surface area contributed by atoms with Gasteiger partial charge in [0.1, 0.15) is 6.04 Å². The second kappa shape index (κ2) is 10.5. The van der Waals surface area contributed by atoms with Gasteiger partial charge < -0.3 is 15.0 Å². The Morgan fingerprint density at radius 1 is 1.00 bits per heavy atom. The minimum Gasteiger partial charge on any atom is -0.372 e. The summed E-state index contributed by atoms with van der Waals surface area (Å²) in [6, 6.07) is 13.1. The molecule has 35 heavy (non-hydrogen) atoms. The Balaban J connectivity index is 1.36. The van der Waals surface area contributed by atoms with Crippen molar-refractivity contribution < 1.29 is 22.7 Å². The first-order valence-corrected chi connectivity index (χ1v) is 13.5. The fourth-order valence-corrected chi connectivity index (χ4v) is 6.39. The molecular weight excluding hydrogens is 466 g/mol. The standard InChI is InChI=1S/C26H33N3O5S/c1-18-6-12-23(13-7-18)35(32,33)29-14-4-5-24(29)25(30)27-15-21-8-10-22(11-9-21)26(31)28-16-19(2)34-20(3)17-28/h6-13,19-20,24H,4-5,14-17H2,1-3H3,(H,27,30)/t19?,20?,24-/m0/s1. The summed E-state index contributed by atoms with van der Waals surface area (Å²) in [5.41, 5.74) is 2.40. The molecule has 2 aliphatic rings. The summed E-state index contributed by atoms with van der Waals surface area (Å²) in [7, 11) is -3.74. The van der Waals surface area contributed by atoms with Gasteiger partial charge in [-0.3, -0.25) is 9.59 Å². The van der Waals surface area contributed by atoms with Crippen LogP contribution in [0.25, 0.3) is 0 Å². The van der Waals surface area contributed by atoms with Crippen molar-refractivity contribution in [3.8, 4) is 0 Å². The highest BCUT2D eigenvalue weighted by molar-refractivity contribution is 7.89. The Kier molecular flexibility index (Phi) is 7.59. The molecule has 2 aromatic carbocycles. The van der Waals surface area contributed by atoms with Gasteiger partial charge in [-0.15, -0.1) is 0 Å². The van der Waals surface area contributed by atoms with Gasteiger partial charge in [0.05, 0.1) is 17.1 Å². The average Bonchev–Trinajstić information content (AvgIpc) is 3.33. The van der Waals surface area contributed by atoms with E-state index in [1.165, 1.54) is 4.31 Å². The zero-order valence-corrected chi connectivity index (χ0v) is 21.3. The van der Waals surface area contributed by atoms with Gasteiger partial charge in [0.25, 0.3) is 5.91 Å². The Bertz CT molecular complexity index is 1150. The predicted octanol–water partition coefficient (Wildman–Crippen LogP) is 2.71. The van der Waals surface area contributed by atoms with Gasteiger partial charge in [-0.05, 0) is 63.4 Å². The zero-order valence-electron chi connectivity index (χ0n) is 20.4. The summed E-state index contributed by atoms with van der Waals surface area (Å²) in [5, 5.41) is 2.87. The van der Waals surface area contributed by atoms with Crippen molar-refractivity contribution in [3.63, 3.8) is 0 Å². The van der Waals surface area contributed by atoms with E-state index in [-0.39, 0.29) is 35.5 Å². The molecule has 1 N–H and O–H groups in total. The normalized spacial score (nSPS) is 23.3. The van der Waals surface area contributed by atoms with Crippen molar-refractivity contribution in [2.75, 3.05) is 19.6 Å². The van der Waals surface area contributed by atoms with Gasteiger partial charge in [-0.25, -0.2) is 8.42 Å². The third kappa shape index (κ3) is 5.74. The van der Waals surface area contributed by atoms with Crippen molar-refractivity contribution in [1.29, 1.82) is 0 Å². The van der Waals surface area contributed by atoms with Crippen LogP contribution < -0.4 is 5.32 Å². The molecule has 0 spiro atoms. The Hall–Kier alpha value is -2.75. The molecule has 0 bridgehead atoms. The molecule has 0 radical (unpaired) electrons. The summed E-state index contributed by atoms with van der Waals surface area (Å²) >= 11 is 0. The number of aryl methyl sites for hydroxylation is 1. The number of benzene rings is 2. The zero-order chi connectivity index (χ0) is 25.2. The van der Waals surface area contributed by atoms with Crippen LogP contribution in [0.3, 0.4) is 0 Å². The maximum Gasteiger partial charge on any atom is 0.254 e. The van der Waals surface area contributed by atoms with E-state index in [1.54, 1.807) is 41.3 Å². The number of carbonyl (C=O) groups excluding carboxylic acids is 2. The van der Waals surface area contributed by atoms with Crippen molar-refractivity contribution >= 4 is 21.8 Å². The van der Waals surface area contributed by atoms with E-state index in [9.17, 15) is 18.0 Å². The lowest BCUT2D eigenvalue weighted by atomic mass is 10.1. The van der Waals surface area contributed by atoms with Crippen molar-refractivity contribution in [1.82, 2.24) is 14.5 Å². The summed E-state index contributed by atoms with van der Waals surface area (Å²) in [4.78, 5) is 27.8. The van der Waals surface area contributed by atoms with E-state index in [4.69, 9.17) is 4.74 Å². The lowest BCUT2D eigenvalue weighted by Crippen LogP contribution is -2.48. The van der Waals surface area contributed by atoms with Crippen molar-refractivity contribution in [2.45, 2.75) is 63.3 Å². The number of hydrogen-bond donors (Lipinski definition) is 1. The molecule has 2 aliphatic heterocycles. The molecule has 3 atom stereocenters. The molecule has 0 aromatic heterocycles. The van der Waals surface area contributed by atoms with Crippen LogP contribution >= 0.6 is 0 Å². The number of nitrogens with zero attached hydrogens (tertiary/aromatic N) is 2. The van der Waals surface area contributed by atoms with E-state index in [0.717, 1.165) is 11.1 Å². The van der Waals surface area contributed by atoms with Crippen LogP contribution in [0.2, 0.25) is 0 Å². The van der Waals surface area contributed by atoms with Gasteiger partial charge in [0.15, 0.2) is 0 Å². The van der Waals surface area contributed by atoms with Gasteiger partial charge in [-0.1, -0.05) is 29.8 Å². The second-order valence-electron chi connectivity index (χ2n) is 9.47. The highest BCUT2D eigenvalue weighted by atomic mass is 32.2. The first-order valence-electron chi connectivity index (χ1n) is 12.0. The minimum atomic E-state index is -3.74. The molecule has 4 rings (SSSR count). The number of carbonyl (C=O) groups is 2. The van der Waals surface area contributed by atoms with Crippen LogP contribution in [0.5, 0.6) is 0 Å². The molecule has 2 unspecified atom stereocenters. The summed E-state index contributed by atoms with van der Waals surface area (Å²) in [6.07, 6.45) is 1.13. The molecule has 2 aromatic rings. The third-order valence-electron chi connectivity index (χ3n) is 6.51. The molecule has 188 valence electrons. The molecule has 2 amide bonds. The first kappa shape index (κ1) is 25.3. The molecule has 9 heteroatoms. The van der Waals surface area contributed by atoms with Crippen LogP contribution in [-0.2, 0) is 26.1 Å². The molecular formula is C26H33N3O5S. The molecule has 8 nitrogen and oxygen atoms in total. The highest BCUT2D eigenvalue weighted by Crippen LogP contribution is 2.26. The SMILES string of the molecule is Cc1ccc(S(=O)(=O)N2CCC[C@H]2C(=O)NCc2ccc(C(=O)N3CC(C)OC(C)C3)cc2)cc1. The lowest BCUT2D eigenvalue weighted by Gasteiger charge is -2.35. The van der Waals surface area contributed by atoms with E-state index >= 15 is 0 Å². The maximum absolute atomic E-state index is 13.1. The Labute approximate surface area is 207 Å². The highest BCUT2D eigenvalue weighted by Gasteiger charge is 2.39. The molecule has 0 saturated carbocycles. The summed E-state index contributed by atoms with van der Waals surface area (Å²) < 4.78 is 33.2. The third-order valence-corrected chi connectivity index (χ3v) is 8.43. The van der Waals surface area contributed by atoms with Crippen LogP contribution in [-0.4, -0.2) is 67.3 Å². The van der Waals surface area contributed by atoms with Gasteiger partial charge in [0, 0.05) is 31.7 Å². The number of ether oxygens (including phenoxy) is 1. The molecule has 0 aliphatic carbocycles. The molecule has 2 saturated heterocycles. The maximum atomic E-state index is 13.1. The number of nitrogens with one attached hydrogen (secondary N) is 1.